The molecule has 0 spiro atoms. The van der Waals surface area contributed by atoms with E-state index in [1.54, 1.807) is 7.11 Å². The first-order valence-electron chi connectivity index (χ1n) is 6.95. The molecule has 1 aromatic carbocycles. The Morgan fingerprint density at radius 2 is 1.95 bits per heavy atom. The minimum Gasteiger partial charge on any atom is -0.497 e. The molecule has 5 nitrogen and oxygen atoms in total. The van der Waals surface area contributed by atoms with Crippen LogP contribution in [0.1, 0.15) is 11.3 Å². The molecule has 0 radical (unpaired) electrons. The van der Waals surface area contributed by atoms with Gasteiger partial charge in [0.2, 0.25) is 5.95 Å². The van der Waals surface area contributed by atoms with Crippen LogP contribution in [0.4, 0.5) is 5.95 Å². The summed E-state index contributed by atoms with van der Waals surface area (Å²) in [6.45, 7) is 2.81. The van der Waals surface area contributed by atoms with E-state index >= 15 is 0 Å². The van der Waals surface area contributed by atoms with Gasteiger partial charge in [-0.1, -0.05) is 18.2 Å². The van der Waals surface area contributed by atoms with Crippen LogP contribution in [0.15, 0.2) is 42.5 Å². The number of nitrogens with zero attached hydrogens (tertiary/aromatic N) is 3. The summed E-state index contributed by atoms with van der Waals surface area (Å²) in [5.74, 6) is 1.54. The maximum absolute atomic E-state index is 5.15. The fraction of sp³-hybridized carbons (Fsp3) is 0.250. The van der Waals surface area contributed by atoms with Crippen LogP contribution in [0.5, 0.6) is 5.75 Å². The molecule has 0 aliphatic heterocycles. The molecule has 0 unspecified atom stereocenters. The van der Waals surface area contributed by atoms with Crippen molar-refractivity contribution in [1.29, 1.82) is 0 Å². The molecule has 3 aromatic rings. The highest BCUT2D eigenvalue weighted by Gasteiger charge is 2.04. The highest BCUT2D eigenvalue weighted by molar-refractivity contribution is 5.44. The third-order valence-electron chi connectivity index (χ3n) is 3.40. The van der Waals surface area contributed by atoms with Gasteiger partial charge in [0.15, 0.2) is 5.65 Å². The summed E-state index contributed by atoms with van der Waals surface area (Å²) in [6, 6.07) is 14.0. The second kappa shape index (κ2) is 5.83. The smallest absolute Gasteiger partial charge is 0.243 e. The van der Waals surface area contributed by atoms with E-state index in [0.717, 1.165) is 30.1 Å². The maximum atomic E-state index is 5.15. The van der Waals surface area contributed by atoms with Gasteiger partial charge in [-0.05, 0) is 43.2 Å². The highest BCUT2D eigenvalue weighted by Crippen LogP contribution is 2.12. The molecule has 21 heavy (non-hydrogen) atoms. The van der Waals surface area contributed by atoms with Crippen LogP contribution in [0, 0.1) is 6.92 Å². The van der Waals surface area contributed by atoms with E-state index in [1.807, 2.05) is 41.8 Å². The topological polar surface area (TPSA) is 51.5 Å². The predicted molar refractivity (Wildman–Crippen MR) is 82.9 cm³/mol. The van der Waals surface area contributed by atoms with Crippen molar-refractivity contribution in [1.82, 2.24) is 14.6 Å². The Morgan fingerprint density at radius 1 is 1.14 bits per heavy atom. The van der Waals surface area contributed by atoms with Crippen LogP contribution in [-0.4, -0.2) is 28.3 Å². The standard InChI is InChI=1S/C16H18N4O/c1-12-4-3-5-15-18-16(19-20(12)15)17-11-10-13-6-8-14(21-2)9-7-13/h3-9H,10-11H2,1-2H3,(H,17,19). The van der Waals surface area contributed by atoms with Gasteiger partial charge in [-0.25, -0.2) is 4.52 Å². The Hall–Kier alpha value is -2.56. The molecule has 0 amide bonds. The van der Waals surface area contributed by atoms with E-state index in [0.29, 0.717) is 5.95 Å². The number of hydrogen-bond donors (Lipinski definition) is 1. The zero-order valence-electron chi connectivity index (χ0n) is 12.2. The first kappa shape index (κ1) is 13.4. The van der Waals surface area contributed by atoms with Crippen molar-refractivity contribution in [3.63, 3.8) is 0 Å². The van der Waals surface area contributed by atoms with Gasteiger partial charge in [0.05, 0.1) is 7.11 Å². The van der Waals surface area contributed by atoms with Gasteiger partial charge in [-0.2, -0.15) is 4.98 Å². The summed E-state index contributed by atoms with van der Waals surface area (Å²) in [7, 11) is 1.67. The summed E-state index contributed by atoms with van der Waals surface area (Å²) in [5.41, 5.74) is 3.19. The Kier molecular flexibility index (Phi) is 3.73. The van der Waals surface area contributed by atoms with Gasteiger partial charge in [0.1, 0.15) is 5.75 Å². The lowest BCUT2D eigenvalue weighted by molar-refractivity contribution is 0.414. The Bertz CT molecular complexity index is 734. The molecule has 0 atom stereocenters. The van der Waals surface area contributed by atoms with Crippen molar-refractivity contribution in [2.45, 2.75) is 13.3 Å². The fourth-order valence-electron chi connectivity index (χ4n) is 2.22. The van der Waals surface area contributed by atoms with Crippen molar-refractivity contribution < 1.29 is 4.74 Å². The first-order chi connectivity index (χ1) is 10.3. The minimum absolute atomic E-state index is 0.665. The number of aromatic nitrogens is 3. The number of benzene rings is 1. The summed E-state index contributed by atoms with van der Waals surface area (Å²) in [4.78, 5) is 4.45. The number of aryl methyl sites for hydroxylation is 1. The number of ether oxygens (including phenoxy) is 1. The minimum atomic E-state index is 0.665. The van der Waals surface area contributed by atoms with Crippen molar-refractivity contribution in [3.05, 3.63) is 53.7 Å². The normalized spacial score (nSPS) is 10.8. The van der Waals surface area contributed by atoms with E-state index in [-0.39, 0.29) is 0 Å². The number of fused-ring (bicyclic) bond motifs is 1. The van der Waals surface area contributed by atoms with E-state index < -0.39 is 0 Å². The van der Waals surface area contributed by atoms with Crippen LogP contribution >= 0.6 is 0 Å². The molecule has 3 rings (SSSR count). The number of nitrogens with one attached hydrogen (secondary N) is 1. The molecule has 1 N–H and O–H groups in total. The monoisotopic (exact) mass is 282 g/mol. The second-order valence-electron chi connectivity index (χ2n) is 4.90. The number of anilines is 1. The summed E-state index contributed by atoms with van der Waals surface area (Å²) >= 11 is 0. The molecule has 108 valence electrons. The molecule has 0 bridgehead atoms. The number of hydrogen-bond acceptors (Lipinski definition) is 4. The Morgan fingerprint density at radius 3 is 2.67 bits per heavy atom. The van der Waals surface area contributed by atoms with Crippen LogP contribution in [-0.2, 0) is 6.42 Å². The van der Waals surface area contributed by atoms with Gasteiger partial charge >= 0.3 is 0 Å². The molecule has 0 aliphatic carbocycles. The molecule has 0 saturated carbocycles. The zero-order valence-corrected chi connectivity index (χ0v) is 12.2. The van der Waals surface area contributed by atoms with Crippen molar-refractivity contribution >= 4 is 11.6 Å². The van der Waals surface area contributed by atoms with Gasteiger partial charge in [-0.15, -0.1) is 5.10 Å². The van der Waals surface area contributed by atoms with Crippen LogP contribution in [0.2, 0.25) is 0 Å². The number of pyridine rings is 1. The molecular formula is C16H18N4O. The zero-order chi connectivity index (χ0) is 14.7. The van der Waals surface area contributed by atoms with Crippen LogP contribution in [0.3, 0.4) is 0 Å². The Labute approximate surface area is 123 Å². The largest absolute Gasteiger partial charge is 0.497 e. The average molecular weight is 282 g/mol. The van der Waals surface area contributed by atoms with Gasteiger partial charge < -0.3 is 10.1 Å². The predicted octanol–water partition coefficient (Wildman–Crippen LogP) is 2.70. The Balaban J connectivity index is 1.62. The van der Waals surface area contributed by atoms with Gasteiger partial charge in [0.25, 0.3) is 0 Å². The quantitative estimate of drug-likeness (QED) is 0.781. The van der Waals surface area contributed by atoms with Crippen molar-refractivity contribution in [3.8, 4) is 5.75 Å². The molecular weight excluding hydrogens is 264 g/mol. The van der Waals surface area contributed by atoms with Gasteiger partial charge in [-0.3, -0.25) is 0 Å². The van der Waals surface area contributed by atoms with Crippen LogP contribution in [0.25, 0.3) is 5.65 Å². The first-order valence-corrected chi connectivity index (χ1v) is 6.95. The third kappa shape index (κ3) is 2.97. The SMILES string of the molecule is COc1ccc(CCNc2nc3cccc(C)n3n2)cc1. The lowest BCUT2D eigenvalue weighted by Crippen LogP contribution is -2.06. The van der Waals surface area contributed by atoms with Crippen molar-refractivity contribution in [2.24, 2.45) is 0 Å². The fourth-order valence-corrected chi connectivity index (χ4v) is 2.22. The van der Waals surface area contributed by atoms with Crippen molar-refractivity contribution in [2.75, 3.05) is 19.0 Å². The molecule has 5 heteroatoms. The average Bonchev–Trinajstić information content (AvgIpc) is 2.92. The molecule has 2 heterocycles. The lowest BCUT2D eigenvalue weighted by atomic mass is 10.1. The number of rotatable bonds is 5. The van der Waals surface area contributed by atoms with Crippen LogP contribution < -0.4 is 10.1 Å². The molecule has 2 aromatic heterocycles. The van der Waals surface area contributed by atoms with Gasteiger partial charge in [0, 0.05) is 12.2 Å². The number of methoxy groups -OCH3 is 1. The molecule has 0 fully saturated rings. The second-order valence-corrected chi connectivity index (χ2v) is 4.90. The molecule has 0 saturated heterocycles. The highest BCUT2D eigenvalue weighted by atomic mass is 16.5. The van der Waals surface area contributed by atoms with E-state index in [9.17, 15) is 0 Å². The summed E-state index contributed by atoms with van der Waals surface area (Å²) in [6.07, 6.45) is 0.915. The third-order valence-corrected chi connectivity index (χ3v) is 3.40. The van der Waals surface area contributed by atoms with E-state index in [4.69, 9.17) is 4.74 Å². The maximum Gasteiger partial charge on any atom is 0.243 e. The lowest BCUT2D eigenvalue weighted by Gasteiger charge is -2.04. The van der Waals surface area contributed by atoms with E-state index in [1.165, 1.54) is 5.56 Å². The summed E-state index contributed by atoms with van der Waals surface area (Å²) < 4.78 is 6.99. The summed E-state index contributed by atoms with van der Waals surface area (Å²) in [5, 5.41) is 7.71. The molecule has 0 aliphatic rings. The van der Waals surface area contributed by atoms with E-state index in [2.05, 4.69) is 27.5 Å².